The molecule has 0 saturated carbocycles. The predicted molar refractivity (Wildman–Crippen MR) is 85.9 cm³/mol. The second-order valence-electron chi connectivity index (χ2n) is 4.78. The molecular weight excluding hydrogens is 240 g/mol. The van der Waals surface area contributed by atoms with Crippen LogP contribution < -0.4 is 0 Å². The van der Waals surface area contributed by atoms with Gasteiger partial charge in [0.05, 0.1) is 11.1 Å². The second kappa shape index (κ2) is 6.03. The highest BCUT2D eigenvalue weighted by Gasteiger charge is 2.02. The number of hydrogen-bond donors (Lipinski definition) is 0. The lowest BCUT2D eigenvalue weighted by Crippen LogP contribution is -1.87. The highest BCUT2D eigenvalue weighted by molar-refractivity contribution is 5.62. The Bertz CT molecular complexity index is 657. The van der Waals surface area contributed by atoms with Crippen LogP contribution in [0.3, 0.4) is 0 Å². The van der Waals surface area contributed by atoms with Crippen molar-refractivity contribution < 1.29 is 0 Å². The summed E-state index contributed by atoms with van der Waals surface area (Å²) in [4.78, 5) is 0. The molecule has 0 amide bonds. The third-order valence-electron chi connectivity index (χ3n) is 3.18. The van der Waals surface area contributed by atoms with Gasteiger partial charge in [0.2, 0.25) is 0 Å². The number of allylic oxidation sites excluding steroid dienone is 5. The van der Waals surface area contributed by atoms with Crippen molar-refractivity contribution >= 4 is 6.08 Å². The summed E-state index contributed by atoms with van der Waals surface area (Å²) in [6, 6.07) is 19.0. The van der Waals surface area contributed by atoms with E-state index >= 15 is 0 Å². The monoisotopic (exact) mass is 256 g/mol. The van der Waals surface area contributed by atoms with Crippen molar-refractivity contribution in [3.8, 4) is 0 Å². The maximum Gasteiger partial charge on any atom is 0.0725 e. The molecule has 0 bridgehead atoms. The van der Waals surface area contributed by atoms with E-state index in [-0.39, 0.29) is 0 Å². The molecule has 0 aliphatic heterocycles. The van der Waals surface area contributed by atoms with Crippen molar-refractivity contribution in [2.45, 2.75) is 0 Å². The number of hydrogen-bond acceptors (Lipinski definition) is 0. The van der Waals surface area contributed by atoms with Crippen molar-refractivity contribution in [3.63, 3.8) is 0 Å². The van der Waals surface area contributed by atoms with Crippen molar-refractivity contribution in [1.82, 2.24) is 0 Å². The van der Waals surface area contributed by atoms with Crippen LogP contribution in [0.5, 0.6) is 0 Å². The van der Waals surface area contributed by atoms with E-state index in [1.165, 1.54) is 22.3 Å². The first kappa shape index (κ1) is 12.4. The summed E-state index contributed by atoms with van der Waals surface area (Å²) in [5.41, 5.74) is 4.90. The lowest BCUT2D eigenvalue weighted by molar-refractivity contribution is 1.42. The van der Waals surface area contributed by atoms with E-state index in [0.717, 1.165) is 0 Å². The predicted octanol–water partition coefficient (Wildman–Crippen LogP) is 5.00. The molecule has 0 N–H and O–H groups in total. The van der Waals surface area contributed by atoms with Gasteiger partial charge in [-0.1, -0.05) is 0 Å². The van der Waals surface area contributed by atoms with Gasteiger partial charge in [-0.2, -0.15) is 0 Å². The van der Waals surface area contributed by atoms with Gasteiger partial charge in [-0.15, -0.1) is 42.4 Å². The van der Waals surface area contributed by atoms with Crippen LogP contribution in [0.1, 0.15) is 16.7 Å². The first-order chi connectivity index (χ1) is 9.90. The Balaban J connectivity index is 1.79. The van der Waals surface area contributed by atoms with Gasteiger partial charge in [0.15, 0.2) is 0 Å². The van der Waals surface area contributed by atoms with Crippen LogP contribution >= 0.6 is 0 Å². The lowest BCUT2D eigenvalue weighted by Gasteiger charge is -2.10. The summed E-state index contributed by atoms with van der Waals surface area (Å²) in [7, 11) is 0. The molecule has 0 unspecified atom stereocenters. The molecule has 2 aromatic rings. The van der Waals surface area contributed by atoms with Gasteiger partial charge in [0.1, 0.15) is 0 Å². The molecule has 1 aliphatic carbocycles. The molecule has 0 heteroatoms. The Hall–Kier alpha value is -2.60. The maximum atomic E-state index is 2.21. The van der Waals surface area contributed by atoms with Gasteiger partial charge < -0.3 is 0 Å². The molecule has 0 heterocycles. The van der Waals surface area contributed by atoms with E-state index in [0.29, 0.717) is 0 Å². The van der Waals surface area contributed by atoms with E-state index in [2.05, 4.69) is 85.7 Å². The van der Waals surface area contributed by atoms with E-state index in [1.807, 2.05) is 12.1 Å². The Labute approximate surface area is 120 Å². The van der Waals surface area contributed by atoms with E-state index in [4.69, 9.17) is 0 Å². The van der Waals surface area contributed by atoms with Gasteiger partial charge >= 0.3 is 0 Å². The third kappa shape index (κ3) is 3.24. The van der Waals surface area contributed by atoms with Crippen LogP contribution in [0.4, 0.5) is 0 Å². The van der Waals surface area contributed by atoms with Gasteiger partial charge in [-0.25, -0.2) is 0 Å². The molecule has 20 heavy (non-hydrogen) atoms. The molecule has 0 spiro atoms. The highest BCUT2D eigenvalue weighted by atomic mass is 14.0. The minimum atomic E-state index is 1.22. The molecule has 0 radical (unpaired) electrons. The quantitative estimate of drug-likeness (QED) is 0.678. The van der Waals surface area contributed by atoms with E-state index in [9.17, 15) is 0 Å². The molecule has 0 saturated heterocycles. The maximum absolute atomic E-state index is 2.21. The van der Waals surface area contributed by atoms with Gasteiger partial charge in [-0.3, -0.25) is 0 Å². The highest BCUT2D eigenvalue weighted by Crippen LogP contribution is 2.18. The molecule has 2 aromatic carbocycles. The van der Waals surface area contributed by atoms with Gasteiger partial charge in [0, 0.05) is 30.7 Å². The average Bonchev–Trinajstić information content (AvgIpc) is 2.50. The molecule has 1 aliphatic rings. The largest absolute Gasteiger partial charge is 0.148 e. The Kier molecular flexibility index (Phi) is 3.75. The third-order valence-corrected chi connectivity index (χ3v) is 3.18. The summed E-state index contributed by atoms with van der Waals surface area (Å²) in [6.45, 7) is 0. The fourth-order valence-electron chi connectivity index (χ4n) is 2.22. The Morgan fingerprint density at radius 3 is 2.50 bits per heavy atom. The fourth-order valence-corrected chi connectivity index (χ4v) is 2.22. The number of benzene rings is 2. The SMILES string of the molecule is C1=C[CH-]C(=Cc2cccc([CH+]c3ccccc3)c2)C=C1. The summed E-state index contributed by atoms with van der Waals surface area (Å²) >= 11 is 0. The first-order valence-corrected chi connectivity index (χ1v) is 6.80. The molecule has 3 rings (SSSR count). The van der Waals surface area contributed by atoms with Crippen LogP contribution in [-0.2, 0) is 0 Å². The standard InChI is InChI=1S/C20H16/c1-3-8-17(9-4-1)14-19-12-7-13-20(16-19)15-18-10-5-2-6-11-18/h1-16H. The minimum Gasteiger partial charge on any atom is -0.148 e. The average molecular weight is 256 g/mol. The first-order valence-electron chi connectivity index (χ1n) is 6.80. The second-order valence-corrected chi connectivity index (χ2v) is 4.78. The normalized spacial score (nSPS) is 15.1. The molecule has 0 fully saturated rings. The van der Waals surface area contributed by atoms with Crippen LogP contribution in [-0.4, -0.2) is 0 Å². The zero-order chi connectivity index (χ0) is 13.6. The van der Waals surface area contributed by atoms with E-state index in [1.54, 1.807) is 0 Å². The fraction of sp³-hybridized carbons (Fsp3) is 0. The zero-order valence-corrected chi connectivity index (χ0v) is 11.2. The molecular formula is C20H16. The molecule has 0 nitrogen and oxygen atoms in total. The molecule has 0 aromatic heterocycles. The van der Waals surface area contributed by atoms with Crippen LogP contribution in [0.25, 0.3) is 6.08 Å². The Morgan fingerprint density at radius 2 is 1.70 bits per heavy atom. The van der Waals surface area contributed by atoms with Crippen molar-refractivity contribution in [2.24, 2.45) is 0 Å². The summed E-state index contributed by atoms with van der Waals surface area (Å²) < 4.78 is 0. The summed E-state index contributed by atoms with van der Waals surface area (Å²) in [5.74, 6) is 0. The molecule has 96 valence electrons. The van der Waals surface area contributed by atoms with Crippen LogP contribution in [0.2, 0.25) is 0 Å². The van der Waals surface area contributed by atoms with Crippen molar-refractivity contribution in [1.29, 1.82) is 0 Å². The topological polar surface area (TPSA) is 0 Å². The zero-order valence-electron chi connectivity index (χ0n) is 11.2. The van der Waals surface area contributed by atoms with Crippen LogP contribution in [0, 0.1) is 12.8 Å². The van der Waals surface area contributed by atoms with Crippen molar-refractivity contribution in [3.05, 3.63) is 114 Å². The summed E-state index contributed by atoms with van der Waals surface area (Å²) in [6.07, 6.45) is 14.8. The summed E-state index contributed by atoms with van der Waals surface area (Å²) in [5, 5.41) is 0. The van der Waals surface area contributed by atoms with Gasteiger partial charge in [0.25, 0.3) is 0 Å². The number of rotatable bonds is 3. The lowest BCUT2D eigenvalue weighted by atomic mass is 10.00. The minimum absolute atomic E-state index is 1.22. The smallest absolute Gasteiger partial charge is 0.0725 e. The molecule has 0 atom stereocenters. The van der Waals surface area contributed by atoms with Crippen molar-refractivity contribution in [2.75, 3.05) is 0 Å². The Morgan fingerprint density at radius 1 is 0.850 bits per heavy atom. The van der Waals surface area contributed by atoms with Gasteiger partial charge in [-0.05, 0) is 35.9 Å². The van der Waals surface area contributed by atoms with E-state index < -0.39 is 0 Å². The van der Waals surface area contributed by atoms with Crippen LogP contribution in [0.15, 0.2) is 84.5 Å².